The van der Waals surface area contributed by atoms with Crippen molar-refractivity contribution in [2.24, 2.45) is 5.73 Å². The normalized spacial score (nSPS) is 9.60. The molecule has 4 N–H and O–H groups in total. The van der Waals surface area contributed by atoms with Gasteiger partial charge in [0.05, 0.1) is 6.42 Å². The molecule has 0 aliphatic heterocycles. The molecule has 0 atom stereocenters. The van der Waals surface area contributed by atoms with Gasteiger partial charge in [0.15, 0.2) is 5.13 Å². The molecule has 1 rings (SSSR count). The zero-order valence-corrected chi connectivity index (χ0v) is 6.02. The molecule has 1 aromatic heterocycles. The number of thiazole rings is 1. The van der Waals surface area contributed by atoms with Crippen LogP contribution in [-0.4, -0.2) is 10.9 Å². The van der Waals surface area contributed by atoms with E-state index in [0.717, 1.165) is 4.88 Å². The van der Waals surface area contributed by atoms with Crippen LogP contribution in [-0.2, 0) is 11.2 Å². The summed E-state index contributed by atoms with van der Waals surface area (Å²) in [6.45, 7) is 0. The molecule has 0 unspecified atom stereocenters. The maximum Gasteiger partial charge on any atom is 0.222 e. The predicted octanol–water partition coefficient (Wildman–Crippen LogP) is -0.247. The second-order valence-corrected chi connectivity index (χ2v) is 2.95. The molecule has 1 amide bonds. The van der Waals surface area contributed by atoms with Crippen molar-refractivity contribution in [2.75, 3.05) is 5.73 Å². The Kier molecular flexibility index (Phi) is 1.86. The van der Waals surface area contributed by atoms with Gasteiger partial charge in [-0.15, -0.1) is 11.3 Å². The second-order valence-electron chi connectivity index (χ2n) is 1.81. The Bertz CT molecular complexity index is 245. The first kappa shape index (κ1) is 7.01. The number of carbonyl (C=O) groups is 1. The quantitative estimate of drug-likeness (QED) is 0.621. The summed E-state index contributed by atoms with van der Waals surface area (Å²) in [6.07, 6.45) is 1.79. The van der Waals surface area contributed by atoms with Gasteiger partial charge >= 0.3 is 0 Å². The van der Waals surface area contributed by atoms with Crippen LogP contribution in [0.25, 0.3) is 0 Å². The molecule has 0 spiro atoms. The van der Waals surface area contributed by atoms with Gasteiger partial charge in [-0.2, -0.15) is 0 Å². The Hall–Kier alpha value is -1.10. The van der Waals surface area contributed by atoms with Crippen LogP contribution in [0.2, 0.25) is 0 Å². The average Bonchev–Trinajstić information content (AvgIpc) is 2.13. The van der Waals surface area contributed by atoms with Gasteiger partial charge in [-0.1, -0.05) is 0 Å². The Balaban J connectivity index is 2.67. The monoisotopic (exact) mass is 157 g/mol. The summed E-state index contributed by atoms with van der Waals surface area (Å²) >= 11 is 1.28. The lowest BCUT2D eigenvalue weighted by atomic mass is 10.4. The maximum atomic E-state index is 10.3. The lowest BCUT2D eigenvalue weighted by Crippen LogP contribution is -2.12. The lowest BCUT2D eigenvalue weighted by Gasteiger charge is -1.85. The number of hydrogen-bond donors (Lipinski definition) is 2. The molecule has 10 heavy (non-hydrogen) atoms. The standard InChI is InChI=1S/C5H7N3OS/c6-4(9)1-3-2-8-5(7)10-3/h2H,1H2,(H2,6,9)(H2,7,8). The summed E-state index contributed by atoms with van der Waals surface area (Å²) in [4.78, 5) is 14.9. The third-order valence-electron chi connectivity index (χ3n) is 0.920. The van der Waals surface area contributed by atoms with E-state index in [9.17, 15) is 4.79 Å². The minimum Gasteiger partial charge on any atom is -0.375 e. The summed E-state index contributed by atoms with van der Waals surface area (Å²) in [6, 6.07) is 0. The van der Waals surface area contributed by atoms with Gasteiger partial charge in [0.25, 0.3) is 0 Å². The lowest BCUT2D eigenvalue weighted by molar-refractivity contribution is -0.117. The van der Waals surface area contributed by atoms with E-state index in [1.807, 2.05) is 0 Å². The molecule has 0 aromatic carbocycles. The molecule has 0 bridgehead atoms. The van der Waals surface area contributed by atoms with E-state index in [0.29, 0.717) is 5.13 Å². The molecule has 1 aromatic rings. The Morgan fingerprint density at radius 3 is 2.90 bits per heavy atom. The molecule has 1 heterocycles. The van der Waals surface area contributed by atoms with Gasteiger partial charge in [0.2, 0.25) is 5.91 Å². The van der Waals surface area contributed by atoms with E-state index in [-0.39, 0.29) is 12.3 Å². The Morgan fingerprint density at radius 2 is 2.50 bits per heavy atom. The number of anilines is 1. The number of nitrogens with zero attached hydrogens (tertiary/aromatic N) is 1. The van der Waals surface area contributed by atoms with Crippen molar-refractivity contribution in [1.82, 2.24) is 4.98 Å². The average molecular weight is 157 g/mol. The highest BCUT2D eigenvalue weighted by Crippen LogP contribution is 2.13. The van der Waals surface area contributed by atoms with Crippen LogP contribution >= 0.6 is 11.3 Å². The van der Waals surface area contributed by atoms with Crippen LogP contribution < -0.4 is 11.5 Å². The summed E-state index contributed by atoms with van der Waals surface area (Å²) in [7, 11) is 0. The fourth-order valence-electron chi connectivity index (χ4n) is 0.576. The van der Waals surface area contributed by atoms with Crippen molar-refractivity contribution in [1.29, 1.82) is 0 Å². The molecule has 0 fully saturated rings. The molecule has 0 radical (unpaired) electrons. The smallest absolute Gasteiger partial charge is 0.222 e. The number of amides is 1. The fourth-order valence-corrected chi connectivity index (χ4v) is 1.27. The summed E-state index contributed by atoms with van der Waals surface area (Å²) in [5.41, 5.74) is 10.2. The number of aromatic nitrogens is 1. The zero-order chi connectivity index (χ0) is 7.56. The first-order valence-electron chi connectivity index (χ1n) is 2.67. The van der Waals surface area contributed by atoms with E-state index in [2.05, 4.69) is 4.98 Å². The van der Waals surface area contributed by atoms with E-state index in [1.54, 1.807) is 6.20 Å². The van der Waals surface area contributed by atoms with Gasteiger partial charge in [-0.25, -0.2) is 4.98 Å². The van der Waals surface area contributed by atoms with Crippen LogP contribution in [0.4, 0.5) is 5.13 Å². The number of nitrogens with two attached hydrogens (primary N) is 2. The Morgan fingerprint density at radius 1 is 1.80 bits per heavy atom. The third-order valence-corrected chi connectivity index (χ3v) is 1.75. The van der Waals surface area contributed by atoms with Crippen LogP contribution in [0.1, 0.15) is 4.88 Å². The number of hydrogen-bond acceptors (Lipinski definition) is 4. The molecule has 5 heteroatoms. The summed E-state index contributed by atoms with van der Waals surface area (Å²) in [5.74, 6) is -0.358. The van der Waals surface area contributed by atoms with Crippen molar-refractivity contribution in [3.05, 3.63) is 11.1 Å². The molecule has 0 aliphatic carbocycles. The summed E-state index contributed by atoms with van der Waals surface area (Å²) < 4.78 is 0. The predicted molar refractivity (Wildman–Crippen MR) is 39.4 cm³/mol. The largest absolute Gasteiger partial charge is 0.375 e. The van der Waals surface area contributed by atoms with Crippen molar-refractivity contribution < 1.29 is 4.79 Å². The molecule has 4 nitrogen and oxygen atoms in total. The SMILES string of the molecule is NC(=O)Cc1cnc(N)s1. The number of primary amides is 1. The molecular formula is C5H7N3OS. The van der Waals surface area contributed by atoms with Crippen molar-refractivity contribution >= 4 is 22.4 Å². The molecule has 54 valence electrons. The van der Waals surface area contributed by atoms with Crippen LogP contribution in [0, 0.1) is 0 Å². The third kappa shape index (κ3) is 1.70. The second kappa shape index (κ2) is 2.66. The van der Waals surface area contributed by atoms with Gasteiger partial charge in [0, 0.05) is 11.1 Å². The fraction of sp³-hybridized carbons (Fsp3) is 0.200. The number of rotatable bonds is 2. The van der Waals surface area contributed by atoms with Crippen LogP contribution in [0.15, 0.2) is 6.20 Å². The maximum absolute atomic E-state index is 10.3. The highest BCUT2D eigenvalue weighted by atomic mass is 32.1. The highest BCUT2D eigenvalue weighted by molar-refractivity contribution is 7.15. The summed E-state index contributed by atoms with van der Waals surface area (Å²) in [5, 5.41) is 0.469. The first-order chi connectivity index (χ1) is 4.68. The van der Waals surface area contributed by atoms with Crippen molar-refractivity contribution in [3.8, 4) is 0 Å². The number of nitrogen functional groups attached to an aromatic ring is 1. The van der Waals surface area contributed by atoms with Crippen molar-refractivity contribution in [2.45, 2.75) is 6.42 Å². The van der Waals surface area contributed by atoms with Gasteiger partial charge in [-0.05, 0) is 0 Å². The minimum atomic E-state index is -0.358. The van der Waals surface area contributed by atoms with E-state index in [4.69, 9.17) is 11.5 Å². The van der Waals surface area contributed by atoms with Crippen LogP contribution in [0.5, 0.6) is 0 Å². The zero-order valence-electron chi connectivity index (χ0n) is 5.20. The first-order valence-corrected chi connectivity index (χ1v) is 3.48. The molecule has 0 aliphatic rings. The van der Waals surface area contributed by atoms with E-state index in [1.165, 1.54) is 11.3 Å². The van der Waals surface area contributed by atoms with Crippen molar-refractivity contribution in [3.63, 3.8) is 0 Å². The molecular weight excluding hydrogens is 150 g/mol. The van der Waals surface area contributed by atoms with E-state index < -0.39 is 0 Å². The topological polar surface area (TPSA) is 82.0 Å². The van der Waals surface area contributed by atoms with Gasteiger partial charge in [0.1, 0.15) is 0 Å². The van der Waals surface area contributed by atoms with Crippen LogP contribution in [0.3, 0.4) is 0 Å². The number of carbonyl (C=O) groups excluding carboxylic acids is 1. The molecule has 0 saturated carbocycles. The molecule has 0 saturated heterocycles. The Labute approximate surface area is 61.9 Å². The van der Waals surface area contributed by atoms with E-state index >= 15 is 0 Å². The highest BCUT2D eigenvalue weighted by Gasteiger charge is 2.00. The van der Waals surface area contributed by atoms with Gasteiger partial charge in [-0.3, -0.25) is 4.79 Å². The van der Waals surface area contributed by atoms with Gasteiger partial charge < -0.3 is 11.5 Å². The minimum absolute atomic E-state index is 0.231.